The molecule has 4 aliphatic rings. The number of anilines is 1. The van der Waals surface area contributed by atoms with Crippen LogP contribution in [0.25, 0.3) is 0 Å². The van der Waals surface area contributed by atoms with Gasteiger partial charge in [-0.15, -0.1) is 0 Å². The molecule has 208 valence electrons. The first-order valence-electron chi connectivity index (χ1n) is 13.4. The molecule has 8 nitrogen and oxygen atoms in total. The number of benzene rings is 2. The van der Waals surface area contributed by atoms with Gasteiger partial charge < -0.3 is 9.84 Å². The van der Waals surface area contributed by atoms with Crippen molar-refractivity contribution in [2.45, 2.75) is 25.7 Å². The van der Waals surface area contributed by atoms with Gasteiger partial charge in [0.25, 0.3) is 0 Å². The summed E-state index contributed by atoms with van der Waals surface area (Å²) in [6, 6.07) is 13.6. The van der Waals surface area contributed by atoms with Gasteiger partial charge in [-0.1, -0.05) is 29.8 Å². The molecule has 2 aromatic carbocycles. The van der Waals surface area contributed by atoms with Gasteiger partial charge in [-0.25, -0.2) is 0 Å². The summed E-state index contributed by atoms with van der Waals surface area (Å²) < 4.78 is 5.99. The summed E-state index contributed by atoms with van der Waals surface area (Å²) in [5.74, 6) is -3.41. The number of para-hydroxylation sites is 1. The van der Waals surface area contributed by atoms with Crippen LogP contribution in [0.3, 0.4) is 0 Å². The minimum absolute atomic E-state index is 0.0471. The van der Waals surface area contributed by atoms with Crippen LogP contribution in [0, 0.1) is 17.8 Å². The topological polar surface area (TPSA) is 118 Å². The number of imide groups is 1. The number of carbonyl (C=O) groups is 5. The molecule has 3 aliphatic carbocycles. The Balaban J connectivity index is 1.46. The van der Waals surface area contributed by atoms with Crippen LogP contribution in [0.5, 0.6) is 5.75 Å². The van der Waals surface area contributed by atoms with Crippen LogP contribution in [0.4, 0.5) is 5.69 Å². The zero-order chi connectivity index (χ0) is 29.0. The number of aliphatic hydroxyl groups excluding tert-OH is 1. The molecule has 0 bridgehead atoms. The summed E-state index contributed by atoms with van der Waals surface area (Å²) in [7, 11) is 0. The van der Waals surface area contributed by atoms with Crippen molar-refractivity contribution in [3.63, 3.8) is 0 Å². The number of hydrogen-bond acceptors (Lipinski definition) is 7. The van der Waals surface area contributed by atoms with Crippen molar-refractivity contribution in [1.82, 2.24) is 0 Å². The monoisotopic (exact) mass is 615 g/mol. The summed E-state index contributed by atoms with van der Waals surface area (Å²) in [4.78, 5) is 67.5. The Morgan fingerprint density at radius 2 is 1.76 bits per heavy atom. The van der Waals surface area contributed by atoms with Crippen LogP contribution in [-0.4, -0.2) is 47.5 Å². The number of aliphatic hydroxyl groups is 1. The highest BCUT2D eigenvalue weighted by atomic mass is 79.9. The third kappa shape index (κ3) is 4.35. The largest absolute Gasteiger partial charge is 0.491 e. The smallest absolute Gasteiger partial charge is 0.238 e. The number of carbonyl (C=O) groups excluding carboxylic acids is 5. The average Bonchev–Trinajstić information content (AvgIpc) is 3.23. The van der Waals surface area contributed by atoms with E-state index in [4.69, 9.17) is 4.74 Å². The van der Waals surface area contributed by atoms with Crippen molar-refractivity contribution in [1.29, 1.82) is 0 Å². The van der Waals surface area contributed by atoms with Crippen LogP contribution in [0.1, 0.15) is 41.6 Å². The minimum Gasteiger partial charge on any atom is -0.491 e. The second-order valence-corrected chi connectivity index (χ2v) is 11.5. The zero-order valence-electron chi connectivity index (χ0n) is 22.1. The third-order valence-electron chi connectivity index (χ3n) is 8.44. The number of ether oxygens (including phenoxy) is 1. The van der Waals surface area contributed by atoms with Crippen molar-refractivity contribution < 1.29 is 33.8 Å². The lowest BCUT2D eigenvalue weighted by Gasteiger charge is -2.42. The third-order valence-corrected chi connectivity index (χ3v) is 9.03. The van der Waals surface area contributed by atoms with E-state index in [1.807, 2.05) is 18.2 Å². The lowest BCUT2D eigenvalue weighted by Crippen LogP contribution is -2.39. The Hall–Kier alpha value is -3.95. The predicted octanol–water partition coefficient (Wildman–Crippen LogP) is 4.23. The van der Waals surface area contributed by atoms with Gasteiger partial charge >= 0.3 is 0 Å². The molecule has 4 unspecified atom stereocenters. The highest BCUT2D eigenvalue weighted by Gasteiger charge is 2.56. The van der Waals surface area contributed by atoms with Gasteiger partial charge in [0.2, 0.25) is 11.8 Å². The summed E-state index contributed by atoms with van der Waals surface area (Å²) >= 11 is 3.24. The van der Waals surface area contributed by atoms with Crippen molar-refractivity contribution in [2.24, 2.45) is 17.8 Å². The Morgan fingerprint density at radius 1 is 1.02 bits per heavy atom. The van der Waals surface area contributed by atoms with E-state index in [1.165, 1.54) is 17.9 Å². The Labute approximate surface area is 244 Å². The summed E-state index contributed by atoms with van der Waals surface area (Å²) in [6.07, 6.45) is 3.70. The van der Waals surface area contributed by atoms with E-state index < -0.39 is 23.7 Å². The maximum absolute atomic E-state index is 14.0. The number of nitrogens with zero attached hydrogens (tertiary/aromatic N) is 1. The molecule has 1 N–H and O–H groups in total. The van der Waals surface area contributed by atoms with Crippen LogP contribution >= 0.6 is 15.9 Å². The van der Waals surface area contributed by atoms with Gasteiger partial charge in [0.1, 0.15) is 12.4 Å². The number of amides is 2. The Bertz CT molecular complexity index is 1620. The second-order valence-electron chi connectivity index (χ2n) is 10.6. The quantitative estimate of drug-likeness (QED) is 0.224. The molecule has 1 fully saturated rings. The maximum Gasteiger partial charge on any atom is 0.238 e. The summed E-state index contributed by atoms with van der Waals surface area (Å²) in [5.41, 5.74) is 3.03. The molecule has 6 rings (SSSR count). The van der Waals surface area contributed by atoms with Crippen LogP contribution in [0.15, 0.2) is 81.9 Å². The van der Waals surface area contributed by atoms with E-state index in [-0.39, 0.29) is 53.3 Å². The Morgan fingerprint density at radius 3 is 2.46 bits per heavy atom. The minimum atomic E-state index is -0.718. The number of rotatable bonds is 6. The lowest BCUT2D eigenvalue weighted by atomic mass is 9.59. The standard InChI is InChI=1S/C32H26BrNO7/c1-16(36)17-6-8-18(9-7-17)34-31(39)21-11-10-19-22(28(21)32(34)40)14-23-29(25(37)15-24(33)30(23)38)27(19)20-4-2-3-5-26(20)41-13-12-35/h2-10,15,21-22,27-28,35H,11-14H2,1H3. The molecular formula is C32H26BrNO7. The fourth-order valence-electron chi connectivity index (χ4n) is 6.67. The SMILES string of the molecule is CC(=O)c1ccc(N2C(=O)C3CC=C4C(c5ccccc5OCCO)C5=C(CC4C3C2=O)C(=O)C(Br)=CC5=O)cc1. The van der Waals surface area contributed by atoms with Crippen molar-refractivity contribution >= 4 is 50.8 Å². The van der Waals surface area contributed by atoms with E-state index in [0.717, 1.165) is 5.57 Å². The Kier molecular flexibility index (Phi) is 6.95. The zero-order valence-corrected chi connectivity index (χ0v) is 23.7. The van der Waals surface area contributed by atoms with E-state index >= 15 is 0 Å². The molecule has 4 atom stereocenters. The number of halogens is 1. The molecule has 0 aromatic heterocycles. The molecule has 1 saturated heterocycles. The van der Waals surface area contributed by atoms with E-state index in [0.29, 0.717) is 40.1 Å². The highest BCUT2D eigenvalue weighted by Crippen LogP contribution is 2.56. The molecule has 0 radical (unpaired) electrons. The fourth-order valence-corrected chi connectivity index (χ4v) is 7.11. The molecule has 1 heterocycles. The van der Waals surface area contributed by atoms with Gasteiger partial charge in [0.05, 0.1) is 28.6 Å². The second kappa shape index (κ2) is 10.5. The molecule has 0 spiro atoms. The van der Waals surface area contributed by atoms with Crippen LogP contribution in [0.2, 0.25) is 0 Å². The normalized spacial score (nSPS) is 25.4. The highest BCUT2D eigenvalue weighted by molar-refractivity contribution is 9.12. The molecule has 2 aromatic rings. The number of allylic oxidation sites excluding steroid dienone is 6. The molecular weight excluding hydrogens is 590 g/mol. The van der Waals surface area contributed by atoms with Gasteiger partial charge in [-0.3, -0.25) is 28.9 Å². The number of hydrogen-bond donors (Lipinski definition) is 1. The van der Waals surface area contributed by atoms with Gasteiger partial charge in [-0.2, -0.15) is 0 Å². The summed E-state index contributed by atoms with van der Waals surface area (Å²) in [6.45, 7) is 1.30. The lowest BCUT2D eigenvalue weighted by molar-refractivity contribution is -0.123. The van der Waals surface area contributed by atoms with Crippen molar-refractivity contribution in [2.75, 3.05) is 18.1 Å². The van der Waals surface area contributed by atoms with Gasteiger partial charge in [-0.05, 0) is 71.9 Å². The maximum atomic E-state index is 14.0. The first kappa shape index (κ1) is 27.2. The first-order chi connectivity index (χ1) is 19.7. The molecule has 1 aliphatic heterocycles. The van der Waals surface area contributed by atoms with Gasteiger partial charge in [0, 0.05) is 34.3 Å². The molecule has 41 heavy (non-hydrogen) atoms. The van der Waals surface area contributed by atoms with Crippen molar-refractivity contribution in [3.8, 4) is 5.75 Å². The van der Waals surface area contributed by atoms with Crippen molar-refractivity contribution in [3.05, 3.63) is 93.0 Å². The summed E-state index contributed by atoms with van der Waals surface area (Å²) in [5, 5.41) is 9.38. The number of fused-ring (bicyclic) bond motifs is 3. The molecule has 2 amide bonds. The van der Waals surface area contributed by atoms with Gasteiger partial charge in [0.15, 0.2) is 17.3 Å². The molecule has 9 heteroatoms. The molecule has 0 saturated carbocycles. The van der Waals surface area contributed by atoms with E-state index in [1.54, 1.807) is 36.4 Å². The van der Waals surface area contributed by atoms with Crippen LogP contribution in [-0.2, 0) is 19.2 Å². The predicted molar refractivity (Wildman–Crippen MR) is 153 cm³/mol. The first-order valence-corrected chi connectivity index (χ1v) is 14.2. The fraction of sp³-hybridized carbons (Fsp3) is 0.281. The van der Waals surface area contributed by atoms with Crippen LogP contribution < -0.4 is 9.64 Å². The van der Waals surface area contributed by atoms with E-state index in [9.17, 15) is 29.1 Å². The van der Waals surface area contributed by atoms with E-state index in [2.05, 4.69) is 15.9 Å². The number of ketones is 3. The average molecular weight is 616 g/mol. The number of Topliss-reactive ketones (excluding diaryl/α,β-unsaturated/α-hetero) is 2.